The molecular weight excluding hydrogens is 356 g/mol. The smallest absolute Gasteiger partial charge is 0.324 e. The van der Waals surface area contributed by atoms with Gasteiger partial charge >= 0.3 is 5.97 Å². The van der Waals surface area contributed by atoms with Gasteiger partial charge in [0.1, 0.15) is 11.8 Å². The highest BCUT2D eigenvalue weighted by Crippen LogP contribution is 2.25. The lowest BCUT2D eigenvalue weighted by Crippen LogP contribution is -2.47. The number of carbonyl (C=O) groups excluding carboxylic acids is 1. The van der Waals surface area contributed by atoms with Gasteiger partial charge < -0.3 is 15.2 Å². The second-order valence-electron chi connectivity index (χ2n) is 6.47. The zero-order valence-corrected chi connectivity index (χ0v) is 16.8. The molecule has 8 heteroatoms. The Morgan fingerprint density at radius 3 is 2.23 bits per heavy atom. The molecule has 0 aliphatic heterocycles. The van der Waals surface area contributed by atoms with Gasteiger partial charge in [0.25, 0.3) is 0 Å². The van der Waals surface area contributed by atoms with Crippen LogP contribution in [0.15, 0.2) is 29.2 Å². The number of esters is 1. The van der Waals surface area contributed by atoms with Crippen LogP contribution in [-0.4, -0.2) is 52.0 Å². The number of ether oxygens (including phenoxy) is 2. The number of hydrogen-bond acceptors (Lipinski definition) is 6. The second kappa shape index (κ2) is 10.5. The molecular formula is C18H30N2O5S. The van der Waals surface area contributed by atoms with Crippen molar-refractivity contribution in [2.24, 2.45) is 11.7 Å². The molecule has 26 heavy (non-hydrogen) atoms. The fraction of sp³-hybridized carbons (Fsp3) is 0.611. The summed E-state index contributed by atoms with van der Waals surface area (Å²) in [5, 5.41) is 0. The van der Waals surface area contributed by atoms with Crippen LogP contribution in [0.5, 0.6) is 5.75 Å². The van der Waals surface area contributed by atoms with Crippen molar-refractivity contribution in [3.63, 3.8) is 0 Å². The highest BCUT2D eigenvalue weighted by Gasteiger charge is 2.36. The van der Waals surface area contributed by atoms with E-state index in [1.165, 1.54) is 30.7 Å². The maximum Gasteiger partial charge on any atom is 0.324 e. The molecule has 7 nitrogen and oxygen atoms in total. The topological polar surface area (TPSA) is 98.9 Å². The molecule has 0 unspecified atom stereocenters. The molecule has 0 aliphatic carbocycles. The zero-order chi connectivity index (χ0) is 19.7. The molecule has 0 saturated carbocycles. The lowest BCUT2D eigenvalue weighted by molar-refractivity contribution is -0.145. The van der Waals surface area contributed by atoms with Crippen LogP contribution >= 0.6 is 0 Å². The van der Waals surface area contributed by atoms with Crippen LogP contribution in [0.3, 0.4) is 0 Å². The molecule has 1 rings (SSSR count). The monoisotopic (exact) mass is 386 g/mol. The van der Waals surface area contributed by atoms with Crippen molar-refractivity contribution in [1.29, 1.82) is 0 Å². The summed E-state index contributed by atoms with van der Waals surface area (Å²) in [6.07, 6.45) is 1.72. The number of nitrogens with zero attached hydrogens (tertiary/aromatic N) is 1. The average molecular weight is 387 g/mol. The van der Waals surface area contributed by atoms with Crippen molar-refractivity contribution >= 4 is 16.0 Å². The molecule has 0 bridgehead atoms. The van der Waals surface area contributed by atoms with Crippen LogP contribution in [-0.2, 0) is 19.6 Å². The Kier molecular flexibility index (Phi) is 9.04. The lowest BCUT2D eigenvalue weighted by atomic mass is 10.1. The number of carbonyl (C=O) groups is 1. The van der Waals surface area contributed by atoms with Crippen molar-refractivity contribution in [1.82, 2.24) is 4.31 Å². The molecule has 0 spiro atoms. The Labute approximate surface area is 156 Å². The molecule has 0 aliphatic rings. The summed E-state index contributed by atoms with van der Waals surface area (Å²) in [5.41, 5.74) is 5.52. The summed E-state index contributed by atoms with van der Waals surface area (Å²) in [7, 11) is -1.08. The maximum atomic E-state index is 13.2. The van der Waals surface area contributed by atoms with E-state index in [0.717, 1.165) is 0 Å². The summed E-state index contributed by atoms with van der Waals surface area (Å²) in [6, 6.07) is 5.26. The number of sulfonamides is 1. The van der Waals surface area contributed by atoms with Gasteiger partial charge in [-0.1, -0.05) is 13.8 Å². The summed E-state index contributed by atoms with van der Waals surface area (Å²) in [4.78, 5) is 12.4. The quantitative estimate of drug-likeness (QED) is 0.461. The van der Waals surface area contributed by atoms with Crippen molar-refractivity contribution in [3.05, 3.63) is 24.3 Å². The minimum absolute atomic E-state index is 0.0460. The van der Waals surface area contributed by atoms with Crippen LogP contribution in [0.25, 0.3) is 0 Å². The van der Waals surface area contributed by atoms with Gasteiger partial charge in [0.2, 0.25) is 10.0 Å². The van der Waals surface area contributed by atoms with E-state index in [1.54, 1.807) is 12.1 Å². The number of hydrogen-bond donors (Lipinski definition) is 1. The Balaban J connectivity index is 3.26. The minimum Gasteiger partial charge on any atom is -0.497 e. The van der Waals surface area contributed by atoms with Crippen LogP contribution in [0.2, 0.25) is 0 Å². The summed E-state index contributed by atoms with van der Waals surface area (Å²) >= 11 is 0. The predicted molar refractivity (Wildman–Crippen MR) is 100 cm³/mol. The van der Waals surface area contributed by atoms with Crippen molar-refractivity contribution in [2.45, 2.75) is 44.0 Å². The molecule has 148 valence electrons. The highest BCUT2D eigenvalue weighted by molar-refractivity contribution is 7.89. The largest absolute Gasteiger partial charge is 0.497 e. The third-order valence-corrected chi connectivity index (χ3v) is 5.85. The minimum atomic E-state index is -3.87. The van der Waals surface area contributed by atoms with Crippen LogP contribution in [0.4, 0.5) is 0 Å². The number of unbranched alkanes of at least 4 members (excludes halogenated alkanes) is 1. The summed E-state index contributed by atoms with van der Waals surface area (Å²) in [5.74, 6) is 0.0521. The van der Waals surface area contributed by atoms with Crippen LogP contribution in [0.1, 0.15) is 33.1 Å². The molecule has 0 amide bonds. The fourth-order valence-corrected chi connectivity index (χ4v) is 4.41. The van der Waals surface area contributed by atoms with Gasteiger partial charge in [-0.25, -0.2) is 8.42 Å². The van der Waals surface area contributed by atoms with Gasteiger partial charge in [-0.2, -0.15) is 4.31 Å². The molecule has 1 aromatic rings. The average Bonchev–Trinajstić information content (AvgIpc) is 2.63. The van der Waals surface area contributed by atoms with Gasteiger partial charge in [0.05, 0.1) is 19.1 Å². The molecule has 0 saturated heterocycles. The molecule has 0 fully saturated rings. The van der Waals surface area contributed by atoms with Crippen molar-refractivity contribution < 1.29 is 22.7 Å². The maximum absolute atomic E-state index is 13.2. The van der Waals surface area contributed by atoms with Crippen LogP contribution in [0, 0.1) is 5.92 Å². The SMILES string of the molecule is COC(=O)[C@H](CCCCN)N(CC(C)C)S(=O)(=O)c1ccc(OC)cc1. The van der Waals surface area contributed by atoms with E-state index in [2.05, 4.69) is 0 Å². The number of rotatable bonds is 11. The van der Waals surface area contributed by atoms with Crippen LogP contribution < -0.4 is 10.5 Å². The number of nitrogens with two attached hydrogens (primary N) is 1. The molecule has 1 atom stereocenters. The van der Waals surface area contributed by atoms with E-state index in [0.29, 0.717) is 31.6 Å². The van der Waals surface area contributed by atoms with Gasteiger partial charge in [-0.15, -0.1) is 0 Å². The van der Waals surface area contributed by atoms with Gasteiger partial charge in [-0.05, 0) is 56.0 Å². The van der Waals surface area contributed by atoms with E-state index < -0.39 is 22.0 Å². The molecule has 1 aromatic carbocycles. The van der Waals surface area contributed by atoms with E-state index in [9.17, 15) is 13.2 Å². The number of benzene rings is 1. The lowest BCUT2D eigenvalue weighted by Gasteiger charge is -2.30. The summed E-state index contributed by atoms with van der Waals surface area (Å²) < 4.78 is 37.6. The van der Waals surface area contributed by atoms with Gasteiger partial charge in [0.15, 0.2) is 0 Å². The van der Waals surface area contributed by atoms with E-state index in [-0.39, 0.29) is 17.4 Å². The highest BCUT2D eigenvalue weighted by atomic mass is 32.2. The Morgan fingerprint density at radius 1 is 1.15 bits per heavy atom. The number of methoxy groups -OCH3 is 2. The first-order chi connectivity index (χ1) is 12.3. The van der Waals surface area contributed by atoms with E-state index >= 15 is 0 Å². The fourth-order valence-electron chi connectivity index (χ4n) is 2.63. The zero-order valence-electron chi connectivity index (χ0n) is 16.0. The molecule has 0 aromatic heterocycles. The normalized spacial score (nSPS) is 13.0. The Hall–Kier alpha value is -1.64. The van der Waals surface area contributed by atoms with E-state index in [1.807, 2.05) is 13.8 Å². The predicted octanol–water partition coefficient (Wildman–Crippen LogP) is 2.01. The van der Waals surface area contributed by atoms with Crippen molar-refractivity contribution in [2.75, 3.05) is 27.3 Å². The molecule has 0 radical (unpaired) electrons. The van der Waals surface area contributed by atoms with Gasteiger partial charge in [-0.3, -0.25) is 4.79 Å². The van der Waals surface area contributed by atoms with Crippen molar-refractivity contribution in [3.8, 4) is 5.75 Å². The first-order valence-electron chi connectivity index (χ1n) is 8.71. The first kappa shape index (κ1) is 22.4. The molecule has 0 heterocycles. The second-order valence-corrected chi connectivity index (χ2v) is 8.36. The third-order valence-electron chi connectivity index (χ3n) is 3.96. The summed E-state index contributed by atoms with van der Waals surface area (Å²) in [6.45, 7) is 4.52. The molecule has 2 N–H and O–H groups in total. The third kappa shape index (κ3) is 5.96. The Morgan fingerprint density at radius 2 is 1.77 bits per heavy atom. The van der Waals surface area contributed by atoms with E-state index in [4.69, 9.17) is 15.2 Å². The first-order valence-corrected chi connectivity index (χ1v) is 10.2. The van der Waals surface area contributed by atoms with Gasteiger partial charge in [0, 0.05) is 6.54 Å². The Bertz CT molecular complexity index is 659. The standard InChI is InChI=1S/C18H30N2O5S/c1-14(2)13-20(17(18(21)25-4)7-5-6-12-19)26(22,23)16-10-8-15(24-3)9-11-16/h8-11,14,17H,5-7,12-13,19H2,1-4H3/t17-/m0/s1.